The molecule has 0 atom stereocenters. The van der Waals surface area contributed by atoms with Gasteiger partial charge in [-0.1, -0.05) is 42.5 Å². The molecule has 0 unspecified atom stereocenters. The van der Waals surface area contributed by atoms with E-state index < -0.39 is 11.6 Å². The number of carbonyl (C=O) groups is 1. The normalized spacial score (nSPS) is 10.6. The zero-order chi connectivity index (χ0) is 15.5. The lowest BCUT2D eigenvalue weighted by atomic mass is 10.0. The molecule has 0 aliphatic carbocycles. The SMILES string of the molecule is O=C(Cc1ccc2ccccc2c1)Nc1ccc(F)c(F)c1. The molecule has 0 saturated heterocycles. The summed E-state index contributed by atoms with van der Waals surface area (Å²) in [4.78, 5) is 12.0. The number of carbonyl (C=O) groups excluding carboxylic acids is 1. The smallest absolute Gasteiger partial charge is 0.228 e. The first-order valence-electron chi connectivity index (χ1n) is 6.84. The first-order chi connectivity index (χ1) is 10.6. The average molecular weight is 297 g/mol. The second kappa shape index (κ2) is 5.93. The molecule has 0 heterocycles. The van der Waals surface area contributed by atoms with E-state index in [2.05, 4.69) is 5.32 Å². The minimum absolute atomic E-state index is 0.170. The predicted octanol–water partition coefficient (Wildman–Crippen LogP) is 4.30. The van der Waals surface area contributed by atoms with Crippen LogP contribution in [0.15, 0.2) is 60.7 Å². The summed E-state index contributed by atoms with van der Waals surface area (Å²) in [5.41, 5.74) is 1.10. The number of anilines is 1. The van der Waals surface area contributed by atoms with Gasteiger partial charge < -0.3 is 5.32 Å². The van der Waals surface area contributed by atoms with E-state index in [9.17, 15) is 13.6 Å². The van der Waals surface area contributed by atoms with Gasteiger partial charge in [-0.3, -0.25) is 4.79 Å². The van der Waals surface area contributed by atoms with Gasteiger partial charge in [0.05, 0.1) is 6.42 Å². The highest BCUT2D eigenvalue weighted by atomic mass is 19.2. The maximum absolute atomic E-state index is 13.1. The molecule has 0 saturated carbocycles. The molecule has 110 valence electrons. The summed E-state index contributed by atoms with van der Waals surface area (Å²) < 4.78 is 25.9. The fourth-order valence-electron chi connectivity index (χ4n) is 2.31. The molecule has 0 radical (unpaired) electrons. The number of benzene rings is 3. The summed E-state index contributed by atoms with van der Waals surface area (Å²) in [6.45, 7) is 0. The molecule has 1 amide bonds. The lowest BCUT2D eigenvalue weighted by Crippen LogP contribution is -2.14. The number of halogens is 2. The molecule has 0 aromatic heterocycles. The van der Waals surface area contributed by atoms with Crippen molar-refractivity contribution in [2.24, 2.45) is 0 Å². The third kappa shape index (κ3) is 3.11. The van der Waals surface area contributed by atoms with Crippen molar-refractivity contribution in [2.75, 3.05) is 5.32 Å². The van der Waals surface area contributed by atoms with Crippen molar-refractivity contribution in [1.82, 2.24) is 0 Å². The summed E-state index contributed by atoms with van der Waals surface area (Å²) >= 11 is 0. The molecule has 3 aromatic rings. The average Bonchev–Trinajstić information content (AvgIpc) is 2.51. The Bertz CT molecular complexity index is 845. The number of amides is 1. The van der Waals surface area contributed by atoms with Crippen LogP contribution in [0.2, 0.25) is 0 Å². The minimum Gasteiger partial charge on any atom is -0.326 e. The maximum Gasteiger partial charge on any atom is 0.228 e. The van der Waals surface area contributed by atoms with Crippen LogP contribution >= 0.6 is 0 Å². The Morgan fingerprint density at radius 3 is 2.41 bits per heavy atom. The number of nitrogens with one attached hydrogen (secondary N) is 1. The van der Waals surface area contributed by atoms with Gasteiger partial charge in [0.25, 0.3) is 0 Å². The molecule has 3 aromatic carbocycles. The van der Waals surface area contributed by atoms with Gasteiger partial charge in [-0.25, -0.2) is 8.78 Å². The Morgan fingerprint density at radius 1 is 0.864 bits per heavy atom. The van der Waals surface area contributed by atoms with E-state index in [1.807, 2.05) is 42.5 Å². The van der Waals surface area contributed by atoms with Crippen molar-refractivity contribution in [1.29, 1.82) is 0 Å². The van der Waals surface area contributed by atoms with Crippen LogP contribution in [-0.4, -0.2) is 5.91 Å². The highest BCUT2D eigenvalue weighted by molar-refractivity contribution is 5.93. The summed E-state index contributed by atoms with van der Waals surface area (Å²) in [5.74, 6) is -2.20. The predicted molar refractivity (Wildman–Crippen MR) is 82.6 cm³/mol. The Morgan fingerprint density at radius 2 is 1.64 bits per heavy atom. The molecule has 0 bridgehead atoms. The largest absolute Gasteiger partial charge is 0.326 e. The molecule has 0 aliphatic heterocycles. The van der Waals surface area contributed by atoms with E-state index in [0.29, 0.717) is 0 Å². The zero-order valence-corrected chi connectivity index (χ0v) is 11.6. The van der Waals surface area contributed by atoms with E-state index in [-0.39, 0.29) is 18.0 Å². The summed E-state index contributed by atoms with van der Waals surface area (Å²) in [6.07, 6.45) is 0.170. The molecular weight excluding hydrogens is 284 g/mol. The number of hydrogen-bond donors (Lipinski definition) is 1. The van der Waals surface area contributed by atoms with E-state index in [4.69, 9.17) is 0 Å². The first-order valence-corrected chi connectivity index (χ1v) is 6.84. The zero-order valence-electron chi connectivity index (χ0n) is 11.6. The Labute approximate surface area is 126 Å². The van der Waals surface area contributed by atoms with E-state index in [1.54, 1.807) is 0 Å². The van der Waals surface area contributed by atoms with Gasteiger partial charge in [0.1, 0.15) is 0 Å². The maximum atomic E-state index is 13.1. The molecular formula is C18H13F2NO. The second-order valence-corrected chi connectivity index (χ2v) is 5.04. The second-order valence-electron chi connectivity index (χ2n) is 5.04. The van der Waals surface area contributed by atoms with E-state index in [1.165, 1.54) is 6.07 Å². The first kappa shape index (κ1) is 14.2. The standard InChI is InChI=1S/C18H13F2NO/c19-16-8-7-15(11-17(16)20)21-18(22)10-12-5-6-13-3-1-2-4-14(13)9-12/h1-9,11H,10H2,(H,21,22). The summed E-state index contributed by atoms with van der Waals surface area (Å²) in [5, 5.41) is 4.72. The molecule has 1 N–H and O–H groups in total. The number of fused-ring (bicyclic) bond motifs is 1. The van der Waals surface area contributed by atoms with Gasteiger partial charge in [-0.05, 0) is 28.5 Å². The van der Waals surface area contributed by atoms with Crippen LogP contribution in [0, 0.1) is 11.6 Å². The lowest BCUT2D eigenvalue weighted by Gasteiger charge is -2.07. The minimum atomic E-state index is -0.983. The van der Waals surface area contributed by atoms with E-state index in [0.717, 1.165) is 28.5 Å². The highest BCUT2D eigenvalue weighted by Gasteiger charge is 2.07. The molecule has 2 nitrogen and oxygen atoms in total. The van der Waals surface area contributed by atoms with Crippen LogP contribution in [0.4, 0.5) is 14.5 Å². The molecule has 3 rings (SSSR count). The van der Waals surface area contributed by atoms with Crippen LogP contribution in [0.5, 0.6) is 0 Å². The highest BCUT2D eigenvalue weighted by Crippen LogP contribution is 2.17. The molecule has 0 fully saturated rings. The van der Waals surface area contributed by atoms with Gasteiger partial charge in [-0.2, -0.15) is 0 Å². The molecule has 4 heteroatoms. The molecule has 0 aliphatic rings. The Hall–Kier alpha value is -2.75. The van der Waals surface area contributed by atoms with Gasteiger partial charge in [0.2, 0.25) is 5.91 Å². The van der Waals surface area contributed by atoms with Crippen molar-refractivity contribution in [3.05, 3.63) is 77.9 Å². The number of rotatable bonds is 3. The van der Waals surface area contributed by atoms with Gasteiger partial charge in [0.15, 0.2) is 11.6 Å². The van der Waals surface area contributed by atoms with Crippen LogP contribution in [-0.2, 0) is 11.2 Å². The fourth-order valence-corrected chi connectivity index (χ4v) is 2.31. The van der Waals surface area contributed by atoms with Crippen molar-refractivity contribution >= 4 is 22.4 Å². The summed E-state index contributed by atoms with van der Waals surface area (Å²) in [7, 11) is 0. The lowest BCUT2D eigenvalue weighted by molar-refractivity contribution is -0.115. The van der Waals surface area contributed by atoms with Gasteiger partial charge >= 0.3 is 0 Å². The van der Waals surface area contributed by atoms with Crippen LogP contribution in [0.25, 0.3) is 10.8 Å². The fraction of sp³-hybridized carbons (Fsp3) is 0.0556. The molecule has 22 heavy (non-hydrogen) atoms. The summed E-state index contributed by atoms with van der Waals surface area (Å²) in [6, 6.07) is 16.9. The van der Waals surface area contributed by atoms with Crippen LogP contribution in [0.1, 0.15) is 5.56 Å². The van der Waals surface area contributed by atoms with Crippen molar-refractivity contribution in [3.8, 4) is 0 Å². The monoisotopic (exact) mass is 297 g/mol. The third-order valence-corrected chi connectivity index (χ3v) is 3.38. The quantitative estimate of drug-likeness (QED) is 0.767. The Kier molecular flexibility index (Phi) is 3.83. The molecule has 0 spiro atoms. The van der Waals surface area contributed by atoms with Crippen molar-refractivity contribution < 1.29 is 13.6 Å². The van der Waals surface area contributed by atoms with Crippen LogP contribution in [0.3, 0.4) is 0 Å². The number of hydrogen-bond acceptors (Lipinski definition) is 1. The Balaban J connectivity index is 1.73. The topological polar surface area (TPSA) is 29.1 Å². The van der Waals surface area contributed by atoms with E-state index >= 15 is 0 Å². The van der Waals surface area contributed by atoms with Crippen LogP contribution < -0.4 is 5.32 Å². The third-order valence-electron chi connectivity index (χ3n) is 3.38. The van der Waals surface area contributed by atoms with Gasteiger partial charge in [-0.15, -0.1) is 0 Å². The van der Waals surface area contributed by atoms with Crippen molar-refractivity contribution in [3.63, 3.8) is 0 Å². The van der Waals surface area contributed by atoms with Crippen molar-refractivity contribution in [2.45, 2.75) is 6.42 Å². The van der Waals surface area contributed by atoms with Gasteiger partial charge in [0, 0.05) is 11.8 Å².